The van der Waals surface area contributed by atoms with E-state index < -0.39 is 11.7 Å². The summed E-state index contributed by atoms with van der Waals surface area (Å²) in [5.74, 6) is 1.11. The normalized spacial score (nSPS) is 16.5. The van der Waals surface area contributed by atoms with Gasteiger partial charge in [-0.15, -0.1) is 0 Å². The van der Waals surface area contributed by atoms with Gasteiger partial charge in [0.25, 0.3) is 0 Å². The summed E-state index contributed by atoms with van der Waals surface area (Å²) in [6.07, 6.45) is 0.180. The first-order valence-corrected chi connectivity index (χ1v) is 12.2. The number of nitrogens with zero attached hydrogens (tertiary/aromatic N) is 4. The van der Waals surface area contributed by atoms with Crippen LogP contribution in [-0.4, -0.2) is 26.5 Å². The lowest BCUT2D eigenvalue weighted by molar-refractivity contribution is -0.137. The second-order valence-electron chi connectivity index (χ2n) is 10.5. The quantitative estimate of drug-likeness (QED) is 0.300. The van der Waals surface area contributed by atoms with Crippen molar-refractivity contribution < 1.29 is 13.2 Å². The van der Waals surface area contributed by atoms with Crippen LogP contribution >= 0.6 is 0 Å². The standard InChI is InChI=1S/C28H31F3N4/c1-17(2)26-33-18(3)25-16-32-22-10-8-20(15-24(22)35(25)26)19-9-11-23(21(14-19)28(29,30)31)34-13-7-6-12-27(34,4)5/h8-11,14-17H,6-7,12-13H2,1-5H3. The molecule has 0 atom stereocenters. The summed E-state index contributed by atoms with van der Waals surface area (Å²) in [6, 6.07) is 10.4. The monoisotopic (exact) mass is 480 g/mol. The number of imidazole rings is 1. The van der Waals surface area contributed by atoms with Crippen LogP contribution in [0.1, 0.15) is 70.0 Å². The summed E-state index contributed by atoms with van der Waals surface area (Å²) < 4.78 is 45.0. The van der Waals surface area contributed by atoms with Gasteiger partial charge in [0.15, 0.2) is 0 Å². The number of hydrogen-bond acceptors (Lipinski definition) is 3. The zero-order valence-corrected chi connectivity index (χ0v) is 20.9. The van der Waals surface area contributed by atoms with E-state index in [0.29, 0.717) is 12.1 Å². The summed E-state index contributed by atoms with van der Waals surface area (Å²) in [5.41, 5.74) is 4.07. The molecule has 0 aliphatic carbocycles. The van der Waals surface area contributed by atoms with Gasteiger partial charge in [0.05, 0.1) is 34.0 Å². The fourth-order valence-corrected chi connectivity index (χ4v) is 5.37. The molecule has 0 N–H and O–H groups in total. The number of aryl methyl sites for hydroxylation is 1. The van der Waals surface area contributed by atoms with Gasteiger partial charge in [-0.3, -0.25) is 9.38 Å². The number of hydrogen-bond donors (Lipinski definition) is 0. The molecule has 2 aromatic carbocycles. The van der Waals surface area contributed by atoms with E-state index in [0.717, 1.165) is 52.9 Å². The van der Waals surface area contributed by atoms with Crippen LogP contribution in [0.4, 0.5) is 18.9 Å². The van der Waals surface area contributed by atoms with Crippen molar-refractivity contribution in [2.75, 3.05) is 11.4 Å². The van der Waals surface area contributed by atoms with Gasteiger partial charge < -0.3 is 4.90 Å². The molecule has 4 aromatic rings. The van der Waals surface area contributed by atoms with E-state index in [1.54, 1.807) is 6.07 Å². The Bertz CT molecular complexity index is 1420. The minimum Gasteiger partial charge on any atom is -0.366 e. The Kier molecular flexibility index (Phi) is 5.57. The topological polar surface area (TPSA) is 33.4 Å². The SMILES string of the molecule is Cc1nc(C(C)C)n2c1cnc1ccc(-c3ccc(N4CCCCC4(C)C)c(C(F)(F)F)c3)cc12. The minimum absolute atomic E-state index is 0.189. The van der Waals surface area contributed by atoms with Gasteiger partial charge >= 0.3 is 6.18 Å². The smallest absolute Gasteiger partial charge is 0.366 e. The molecule has 0 spiro atoms. The number of anilines is 1. The molecule has 1 saturated heterocycles. The van der Waals surface area contributed by atoms with Gasteiger partial charge in [-0.25, -0.2) is 4.98 Å². The summed E-state index contributed by atoms with van der Waals surface area (Å²) in [6.45, 7) is 10.8. The molecule has 5 rings (SSSR count). The Morgan fingerprint density at radius 2 is 1.69 bits per heavy atom. The molecular formula is C28H31F3N4. The molecule has 4 nitrogen and oxygen atoms in total. The van der Waals surface area contributed by atoms with Crippen LogP contribution in [0.2, 0.25) is 0 Å². The third-order valence-electron chi connectivity index (χ3n) is 7.26. The highest BCUT2D eigenvalue weighted by atomic mass is 19.4. The Hall–Kier alpha value is -3.09. The van der Waals surface area contributed by atoms with Crippen molar-refractivity contribution in [3.63, 3.8) is 0 Å². The maximum atomic E-state index is 14.3. The van der Waals surface area contributed by atoms with Crippen LogP contribution in [0.15, 0.2) is 42.6 Å². The van der Waals surface area contributed by atoms with Crippen molar-refractivity contribution in [1.82, 2.24) is 14.4 Å². The summed E-state index contributed by atoms with van der Waals surface area (Å²) in [5, 5.41) is 0. The molecule has 0 radical (unpaired) electrons. The molecule has 7 heteroatoms. The number of rotatable bonds is 3. The predicted octanol–water partition coefficient (Wildman–Crippen LogP) is 7.77. The fraction of sp³-hybridized carbons (Fsp3) is 0.429. The Labute approximate surface area is 203 Å². The van der Waals surface area contributed by atoms with E-state index in [1.807, 2.05) is 56.1 Å². The molecule has 0 saturated carbocycles. The Balaban J connectivity index is 1.69. The zero-order chi connectivity index (χ0) is 25.1. The highest BCUT2D eigenvalue weighted by Crippen LogP contribution is 2.43. The zero-order valence-electron chi connectivity index (χ0n) is 20.9. The van der Waals surface area contributed by atoms with Gasteiger partial charge in [0.1, 0.15) is 5.82 Å². The average Bonchev–Trinajstić information content (AvgIpc) is 3.15. The van der Waals surface area contributed by atoms with Gasteiger partial charge in [-0.05, 0) is 75.4 Å². The van der Waals surface area contributed by atoms with Crippen LogP contribution in [0.3, 0.4) is 0 Å². The van der Waals surface area contributed by atoms with E-state index in [-0.39, 0.29) is 17.1 Å². The van der Waals surface area contributed by atoms with Crippen molar-refractivity contribution in [1.29, 1.82) is 0 Å². The molecule has 1 fully saturated rings. The van der Waals surface area contributed by atoms with Crippen LogP contribution < -0.4 is 4.90 Å². The van der Waals surface area contributed by atoms with Crippen molar-refractivity contribution in [2.24, 2.45) is 0 Å². The lowest BCUT2D eigenvalue weighted by Gasteiger charge is -2.45. The van der Waals surface area contributed by atoms with Crippen molar-refractivity contribution >= 4 is 22.2 Å². The highest BCUT2D eigenvalue weighted by molar-refractivity contribution is 5.85. The first-order valence-electron chi connectivity index (χ1n) is 12.2. The maximum absolute atomic E-state index is 14.3. The molecule has 0 unspecified atom stereocenters. The summed E-state index contributed by atoms with van der Waals surface area (Å²) >= 11 is 0. The molecule has 3 heterocycles. The molecule has 0 bridgehead atoms. The number of halogens is 3. The Morgan fingerprint density at radius 1 is 0.971 bits per heavy atom. The minimum atomic E-state index is -4.45. The molecule has 1 aliphatic heterocycles. The van der Waals surface area contributed by atoms with Gasteiger partial charge in [-0.2, -0.15) is 13.2 Å². The van der Waals surface area contributed by atoms with Crippen molar-refractivity contribution in [3.05, 3.63) is 59.7 Å². The number of benzene rings is 2. The van der Waals surface area contributed by atoms with Crippen molar-refractivity contribution in [2.45, 2.75) is 71.5 Å². The number of aromatic nitrogens is 3. The average molecular weight is 481 g/mol. The first-order chi connectivity index (χ1) is 16.5. The van der Waals surface area contributed by atoms with Crippen LogP contribution in [0.25, 0.3) is 27.7 Å². The molecule has 35 heavy (non-hydrogen) atoms. The highest BCUT2D eigenvalue weighted by Gasteiger charge is 2.39. The third kappa shape index (κ3) is 4.05. The largest absolute Gasteiger partial charge is 0.418 e. The van der Waals surface area contributed by atoms with Crippen molar-refractivity contribution in [3.8, 4) is 11.1 Å². The third-order valence-corrected chi connectivity index (χ3v) is 7.26. The van der Waals surface area contributed by atoms with Crippen LogP contribution in [0, 0.1) is 6.92 Å². The second-order valence-corrected chi connectivity index (χ2v) is 10.5. The lowest BCUT2D eigenvalue weighted by Crippen LogP contribution is -2.48. The molecule has 1 aliphatic rings. The van der Waals surface area contributed by atoms with E-state index in [2.05, 4.69) is 23.2 Å². The Morgan fingerprint density at radius 3 is 2.37 bits per heavy atom. The van der Waals surface area contributed by atoms with E-state index in [4.69, 9.17) is 4.98 Å². The molecule has 184 valence electrons. The van der Waals surface area contributed by atoms with Crippen LogP contribution in [0.5, 0.6) is 0 Å². The molecule has 2 aromatic heterocycles. The van der Waals surface area contributed by atoms with Gasteiger partial charge in [0.2, 0.25) is 0 Å². The maximum Gasteiger partial charge on any atom is 0.418 e. The van der Waals surface area contributed by atoms with Gasteiger partial charge in [-0.1, -0.05) is 26.0 Å². The van der Waals surface area contributed by atoms with E-state index >= 15 is 0 Å². The summed E-state index contributed by atoms with van der Waals surface area (Å²) in [7, 11) is 0. The first kappa shape index (κ1) is 23.6. The number of fused-ring (bicyclic) bond motifs is 3. The predicted molar refractivity (Wildman–Crippen MR) is 135 cm³/mol. The number of alkyl halides is 3. The second kappa shape index (κ2) is 8.25. The van der Waals surface area contributed by atoms with Crippen LogP contribution in [-0.2, 0) is 6.18 Å². The van der Waals surface area contributed by atoms with E-state index in [1.165, 1.54) is 6.07 Å². The fourth-order valence-electron chi connectivity index (χ4n) is 5.37. The summed E-state index contributed by atoms with van der Waals surface area (Å²) in [4.78, 5) is 11.2. The van der Waals surface area contributed by atoms with E-state index in [9.17, 15) is 13.2 Å². The lowest BCUT2D eigenvalue weighted by atomic mass is 9.88. The number of piperidine rings is 1. The van der Waals surface area contributed by atoms with Gasteiger partial charge in [0, 0.05) is 23.7 Å². The molecular weight excluding hydrogens is 449 g/mol. The molecule has 0 amide bonds.